The van der Waals surface area contributed by atoms with E-state index in [9.17, 15) is 14.7 Å². The molecule has 38 heavy (non-hydrogen) atoms. The van der Waals surface area contributed by atoms with Crippen LogP contribution in [0.4, 0.5) is 0 Å². The first-order valence-electron chi connectivity index (χ1n) is 12.3. The lowest BCUT2D eigenvalue weighted by molar-refractivity contribution is -0.139. The van der Waals surface area contributed by atoms with E-state index in [2.05, 4.69) is 0 Å². The minimum absolute atomic E-state index is 0.0202. The van der Waals surface area contributed by atoms with Crippen molar-refractivity contribution in [2.75, 3.05) is 27.2 Å². The molecule has 0 aromatic heterocycles. The zero-order chi connectivity index (χ0) is 27.4. The van der Waals surface area contributed by atoms with E-state index in [1.807, 2.05) is 50.2 Å². The fraction of sp³-hybridized carbons (Fsp3) is 0.267. The third-order valence-corrected chi connectivity index (χ3v) is 7.33. The van der Waals surface area contributed by atoms with Gasteiger partial charge >= 0.3 is 0 Å². The maximum Gasteiger partial charge on any atom is 0.295 e. The largest absolute Gasteiger partial charge is 0.507 e. The van der Waals surface area contributed by atoms with Crippen LogP contribution in [0, 0.1) is 6.92 Å². The van der Waals surface area contributed by atoms with E-state index in [-0.39, 0.29) is 11.3 Å². The van der Waals surface area contributed by atoms with Crippen molar-refractivity contribution >= 4 is 40.7 Å². The number of amides is 1. The van der Waals surface area contributed by atoms with Crippen LogP contribution in [0.15, 0.2) is 72.3 Å². The Morgan fingerprint density at radius 2 is 1.71 bits per heavy atom. The highest BCUT2D eigenvalue weighted by Crippen LogP contribution is 2.41. The molecule has 1 fully saturated rings. The first-order chi connectivity index (χ1) is 18.2. The number of rotatable bonds is 9. The molecular formula is C30H30Cl2N2O4. The van der Waals surface area contributed by atoms with E-state index in [0.29, 0.717) is 46.5 Å². The molecule has 1 aliphatic heterocycles. The zero-order valence-corrected chi connectivity index (χ0v) is 23.1. The Morgan fingerprint density at radius 3 is 2.37 bits per heavy atom. The molecule has 3 aromatic rings. The molecule has 1 saturated heterocycles. The Kier molecular flexibility index (Phi) is 8.77. The SMILES string of the molecule is Cc1ccccc1COc1ccc(C(O)=C2C(=O)C(=O)N(CCCN(C)C)C2c2ccc(Cl)c(Cl)c2)cc1. The predicted octanol–water partition coefficient (Wildman–Crippen LogP) is 6.25. The lowest BCUT2D eigenvalue weighted by Gasteiger charge is -2.26. The number of ketones is 1. The molecule has 3 aromatic carbocycles. The number of Topliss-reactive ketones (excluding diaryl/α,β-unsaturated/α-hetero) is 1. The molecule has 0 aliphatic carbocycles. The van der Waals surface area contributed by atoms with E-state index in [4.69, 9.17) is 27.9 Å². The highest BCUT2D eigenvalue weighted by atomic mass is 35.5. The summed E-state index contributed by atoms with van der Waals surface area (Å²) in [6, 6.07) is 19.0. The van der Waals surface area contributed by atoms with Gasteiger partial charge in [0.2, 0.25) is 0 Å². The number of likely N-dealkylation sites (tertiary alicyclic amines) is 1. The number of hydrogen-bond acceptors (Lipinski definition) is 5. The van der Waals surface area contributed by atoms with Crippen molar-refractivity contribution in [2.24, 2.45) is 0 Å². The number of halogens is 2. The molecule has 8 heteroatoms. The van der Waals surface area contributed by atoms with Crippen molar-refractivity contribution in [3.8, 4) is 5.75 Å². The van der Waals surface area contributed by atoms with Gasteiger partial charge in [-0.05, 0) is 87.1 Å². The van der Waals surface area contributed by atoms with Crippen LogP contribution in [0.1, 0.15) is 34.7 Å². The van der Waals surface area contributed by atoms with Gasteiger partial charge in [0.25, 0.3) is 11.7 Å². The Balaban J connectivity index is 1.65. The summed E-state index contributed by atoms with van der Waals surface area (Å²) in [5, 5.41) is 12.0. The van der Waals surface area contributed by atoms with Crippen molar-refractivity contribution < 1.29 is 19.4 Å². The van der Waals surface area contributed by atoms with Crippen LogP contribution in [-0.2, 0) is 16.2 Å². The van der Waals surface area contributed by atoms with E-state index >= 15 is 0 Å². The van der Waals surface area contributed by atoms with Gasteiger partial charge in [-0.25, -0.2) is 0 Å². The molecule has 1 heterocycles. The van der Waals surface area contributed by atoms with Crippen molar-refractivity contribution in [1.82, 2.24) is 9.80 Å². The molecule has 0 spiro atoms. The number of benzene rings is 3. The average molecular weight is 553 g/mol. The molecule has 1 atom stereocenters. The summed E-state index contributed by atoms with van der Waals surface area (Å²) in [5.41, 5.74) is 3.24. The summed E-state index contributed by atoms with van der Waals surface area (Å²) in [5.74, 6) is -1.02. The summed E-state index contributed by atoms with van der Waals surface area (Å²) in [6.07, 6.45) is 0.658. The smallest absolute Gasteiger partial charge is 0.295 e. The lowest BCUT2D eigenvalue weighted by atomic mass is 9.95. The zero-order valence-electron chi connectivity index (χ0n) is 21.6. The van der Waals surface area contributed by atoms with Gasteiger partial charge < -0.3 is 19.6 Å². The second kappa shape index (κ2) is 12.0. The Labute approximate surface area is 233 Å². The highest BCUT2D eigenvalue weighted by Gasteiger charge is 2.45. The summed E-state index contributed by atoms with van der Waals surface area (Å²) in [4.78, 5) is 29.8. The predicted molar refractivity (Wildman–Crippen MR) is 151 cm³/mol. The maximum atomic E-state index is 13.2. The monoisotopic (exact) mass is 552 g/mol. The molecule has 0 bridgehead atoms. The molecule has 4 rings (SSSR count). The van der Waals surface area contributed by atoms with Gasteiger partial charge in [0.05, 0.1) is 21.7 Å². The first-order valence-corrected chi connectivity index (χ1v) is 13.1. The molecule has 1 unspecified atom stereocenters. The highest BCUT2D eigenvalue weighted by molar-refractivity contribution is 6.46. The standard InChI is InChI=1S/C30H30Cl2N2O4/c1-19-7-4-5-8-22(19)18-38-23-12-9-20(10-13-23)28(35)26-27(21-11-14-24(31)25(32)17-21)34(30(37)29(26)36)16-6-15-33(2)3/h4-5,7-14,17,27,35H,6,15-16,18H2,1-3H3. The minimum atomic E-state index is -0.788. The third-order valence-electron chi connectivity index (χ3n) is 6.59. The fourth-order valence-corrected chi connectivity index (χ4v) is 4.80. The van der Waals surface area contributed by atoms with Gasteiger partial charge in [0, 0.05) is 12.1 Å². The van der Waals surface area contributed by atoms with E-state index < -0.39 is 17.7 Å². The van der Waals surface area contributed by atoms with Crippen LogP contribution in [0.25, 0.3) is 5.76 Å². The number of carbonyl (C=O) groups excluding carboxylic acids is 2. The van der Waals surface area contributed by atoms with Gasteiger partial charge in [0.15, 0.2) is 0 Å². The van der Waals surface area contributed by atoms with Crippen LogP contribution in [0.3, 0.4) is 0 Å². The second-order valence-corrected chi connectivity index (χ2v) is 10.4. The average Bonchev–Trinajstić information content (AvgIpc) is 3.14. The van der Waals surface area contributed by atoms with Gasteiger partial charge in [-0.1, -0.05) is 53.5 Å². The van der Waals surface area contributed by atoms with Gasteiger partial charge in [0.1, 0.15) is 18.1 Å². The van der Waals surface area contributed by atoms with Gasteiger partial charge in [-0.2, -0.15) is 0 Å². The second-order valence-electron chi connectivity index (χ2n) is 9.56. The van der Waals surface area contributed by atoms with Crippen LogP contribution in [0.5, 0.6) is 5.75 Å². The molecule has 198 valence electrons. The maximum absolute atomic E-state index is 13.2. The Hall–Kier alpha value is -3.32. The lowest BCUT2D eigenvalue weighted by Crippen LogP contribution is -2.32. The van der Waals surface area contributed by atoms with E-state index in [1.165, 1.54) is 4.90 Å². The molecule has 0 radical (unpaired) electrons. The minimum Gasteiger partial charge on any atom is -0.507 e. The number of nitrogens with zero attached hydrogens (tertiary/aromatic N) is 2. The Bertz CT molecular complexity index is 1370. The number of aryl methyl sites for hydroxylation is 1. The van der Waals surface area contributed by atoms with Crippen LogP contribution in [0.2, 0.25) is 10.0 Å². The van der Waals surface area contributed by atoms with Gasteiger partial charge in [-0.3, -0.25) is 9.59 Å². The van der Waals surface area contributed by atoms with Crippen LogP contribution >= 0.6 is 23.2 Å². The molecule has 6 nitrogen and oxygen atoms in total. The van der Waals surface area contributed by atoms with Crippen LogP contribution in [-0.4, -0.2) is 53.8 Å². The molecule has 1 amide bonds. The summed E-state index contributed by atoms with van der Waals surface area (Å²) in [6.45, 7) is 3.52. The summed E-state index contributed by atoms with van der Waals surface area (Å²) < 4.78 is 5.91. The van der Waals surface area contributed by atoms with Crippen molar-refractivity contribution in [1.29, 1.82) is 0 Å². The molecule has 1 N–H and O–H groups in total. The van der Waals surface area contributed by atoms with Crippen molar-refractivity contribution in [2.45, 2.75) is 26.0 Å². The number of hydrogen-bond donors (Lipinski definition) is 1. The number of carbonyl (C=O) groups is 2. The normalized spacial score (nSPS) is 16.9. The van der Waals surface area contributed by atoms with Crippen molar-refractivity contribution in [3.05, 3.63) is 105 Å². The van der Waals surface area contributed by atoms with Gasteiger partial charge in [-0.15, -0.1) is 0 Å². The Morgan fingerprint density at radius 1 is 1.00 bits per heavy atom. The van der Waals surface area contributed by atoms with E-state index in [0.717, 1.165) is 17.7 Å². The molecular weight excluding hydrogens is 523 g/mol. The molecule has 0 saturated carbocycles. The van der Waals surface area contributed by atoms with Crippen LogP contribution < -0.4 is 4.74 Å². The number of aliphatic hydroxyl groups is 1. The van der Waals surface area contributed by atoms with E-state index in [1.54, 1.807) is 42.5 Å². The summed E-state index contributed by atoms with van der Waals surface area (Å²) in [7, 11) is 3.89. The number of ether oxygens (including phenoxy) is 1. The topological polar surface area (TPSA) is 70.1 Å². The quantitative estimate of drug-likeness (QED) is 0.193. The van der Waals surface area contributed by atoms with Crippen molar-refractivity contribution in [3.63, 3.8) is 0 Å². The summed E-state index contributed by atoms with van der Waals surface area (Å²) >= 11 is 12.4. The molecule has 1 aliphatic rings. The number of aliphatic hydroxyl groups excluding tert-OH is 1. The first kappa shape index (κ1) is 27.7. The fourth-order valence-electron chi connectivity index (χ4n) is 4.49. The third kappa shape index (κ3) is 6.04.